The van der Waals surface area contributed by atoms with Gasteiger partial charge < -0.3 is 15.0 Å². The zero-order valence-electron chi connectivity index (χ0n) is 13.4. The third-order valence-corrected chi connectivity index (χ3v) is 3.95. The van der Waals surface area contributed by atoms with E-state index in [1.807, 2.05) is 27.8 Å². The highest BCUT2D eigenvalue weighted by molar-refractivity contribution is 5.97. The number of carbonyl (C=O) groups excluding carboxylic acids is 1. The minimum atomic E-state index is -0.0917. The maximum atomic E-state index is 12.8. The summed E-state index contributed by atoms with van der Waals surface area (Å²) >= 11 is 0. The second-order valence-corrected chi connectivity index (χ2v) is 5.74. The number of hydrogen-bond donors (Lipinski definition) is 1. The number of amides is 1. The fraction of sp³-hybridized carbons (Fsp3) is 0.667. The maximum Gasteiger partial charge on any atom is 0.274 e. The Bertz CT molecular complexity index is 518. The van der Waals surface area contributed by atoms with Crippen LogP contribution in [-0.2, 0) is 4.74 Å². The molecule has 1 aliphatic rings. The smallest absolute Gasteiger partial charge is 0.274 e. The normalized spacial score (nSPS) is 21.6. The fourth-order valence-corrected chi connectivity index (χ4v) is 2.57. The average Bonchev–Trinajstić information content (AvgIpc) is 2.91. The second-order valence-electron chi connectivity index (χ2n) is 5.74. The van der Waals surface area contributed by atoms with E-state index in [-0.39, 0.29) is 24.0 Å². The average molecular weight is 292 g/mol. The molecule has 1 aliphatic heterocycles. The third-order valence-electron chi connectivity index (χ3n) is 3.95. The predicted molar refractivity (Wildman–Crippen MR) is 81.6 cm³/mol. The van der Waals surface area contributed by atoms with Crippen molar-refractivity contribution < 1.29 is 9.53 Å². The second kappa shape index (κ2) is 6.39. The Hall–Kier alpha value is -1.69. The van der Waals surface area contributed by atoms with Gasteiger partial charge in [-0.2, -0.15) is 0 Å². The molecule has 1 saturated heterocycles. The zero-order valence-corrected chi connectivity index (χ0v) is 13.4. The number of likely N-dealkylation sites (N-methyl/N-ethyl adjacent to an activating group) is 1. The van der Waals surface area contributed by atoms with Gasteiger partial charge in [0.2, 0.25) is 0 Å². The van der Waals surface area contributed by atoms with Crippen LogP contribution in [0.1, 0.15) is 49.4 Å². The van der Waals surface area contributed by atoms with E-state index < -0.39 is 0 Å². The SMILES string of the molecule is CNc1cnc(C(C)C)nc1C(=O)N(C)C1CCOC1C. The van der Waals surface area contributed by atoms with Crippen molar-refractivity contribution in [3.63, 3.8) is 0 Å². The molecular formula is C15H24N4O2. The fourth-order valence-electron chi connectivity index (χ4n) is 2.57. The van der Waals surface area contributed by atoms with Crippen LogP contribution in [0.3, 0.4) is 0 Å². The van der Waals surface area contributed by atoms with Crippen LogP contribution in [0.2, 0.25) is 0 Å². The van der Waals surface area contributed by atoms with Crippen LogP contribution in [0.15, 0.2) is 6.20 Å². The molecule has 0 radical (unpaired) electrons. The molecule has 1 N–H and O–H groups in total. The minimum Gasteiger partial charge on any atom is -0.385 e. The van der Waals surface area contributed by atoms with Gasteiger partial charge in [0.1, 0.15) is 5.82 Å². The lowest BCUT2D eigenvalue weighted by Crippen LogP contribution is -2.41. The molecule has 6 heteroatoms. The van der Waals surface area contributed by atoms with E-state index in [1.165, 1.54) is 0 Å². The number of nitrogens with one attached hydrogen (secondary N) is 1. The molecule has 0 saturated carbocycles. The van der Waals surface area contributed by atoms with Crippen molar-refractivity contribution in [2.75, 3.05) is 26.0 Å². The van der Waals surface area contributed by atoms with E-state index in [1.54, 1.807) is 18.1 Å². The molecular weight excluding hydrogens is 268 g/mol. The van der Waals surface area contributed by atoms with Crippen LogP contribution in [0, 0.1) is 0 Å². The van der Waals surface area contributed by atoms with Crippen molar-refractivity contribution in [2.45, 2.75) is 45.3 Å². The first-order valence-electron chi connectivity index (χ1n) is 7.39. The van der Waals surface area contributed by atoms with Gasteiger partial charge in [0.15, 0.2) is 5.69 Å². The summed E-state index contributed by atoms with van der Waals surface area (Å²) in [6, 6.07) is 0.0969. The molecule has 21 heavy (non-hydrogen) atoms. The number of nitrogens with zero attached hydrogens (tertiary/aromatic N) is 3. The van der Waals surface area contributed by atoms with Crippen LogP contribution < -0.4 is 5.32 Å². The van der Waals surface area contributed by atoms with Gasteiger partial charge in [-0.15, -0.1) is 0 Å². The van der Waals surface area contributed by atoms with E-state index in [9.17, 15) is 4.79 Å². The van der Waals surface area contributed by atoms with Crippen molar-refractivity contribution in [3.8, 4) is 0 Å². The van der Waals surface area contributed by atoms with Gasteiger partial charge in [-0.3, -0.25) is 4.79 Å². The quantitative estimate of drug-likeness (QED) is 0.918. The van der Waals surface area contributed by atoms with Crippen LogP contribution in [0.25, 0.3) is 0 Å². The molecule has 2 rings (SSSR count). The van der Waals surface area contributed by atoms with Crippen molar-refractivity contribution in [3.05, 3.63) is 17.7 Å². The lowest BCUT2D eigenvalue weighted by Gasteiger charge is -2.27. The Morgan fingerprint density at radius 3 is 2.76 bits per heavy atom. The van der Waals surface area contributed by atoms with Gasteiger partial charge in [0.05, 0.1) is 24.0 Å². The first kappa shape index (κ1) is 15.7. The Kier molecular flexibility index (Phi) is 4.77. The lowest BCUT2D eigenvalue weighted by atomic mass is 10.1. The number of hydrogen-bond acceptors (Lipinski definition) is 5. The van der Waals surface area contributed by atoms with Crippen molar-refractivity contribution in [1.82, 2.24) is 14.9 Å². The molecule has 2 atom stereocenters. The maximum absolute atomic E-state index is 12.8. The van der Waals surface area contributed by atoms with Crippen molar-refractivity contribution in [2.24, 2.45) is 0 Å². The van der Waals surface area contributed by atoms with Gasteiger partial charge in [-0.1, -0.05) is 13.8 Å². The predicted octanol–water partition coefficient (Wildman–Crippen LogP) is 1.89. The standard InChI is InChI=1S/C15H24N4O2/c1-9(2)14-17-8-11(16-4)13(18-14)15(20)19(5)12-6-7-21-10(12)3/h8-10,12,16H,6-7H2,1-5H3. The monoisotopic (exact) mass is 292 g/mol. The number of anilines is 1. The molecule has 6 nitrogen and oxygen atoms in total. The molecule has 0 spiro atoms. The van der Waals surface area contributed by atoms with Crippen LogP contribution >= 0.6 is 0 Å². The summed E-state index contributed by atoms with van der Waals surface area (Å²) < 4.78 is 5.55. The summed E-state index contributed by atoms with van der Waals surface area (Å²) in [5.41, 5.74) is 1.08. The summed E-state index contributed by atoms with van der Waals surface area (Å²) in [4.78, 5) is 23.3. The van der Waals surface area contributed by atoms with E-state index in [4.69, 9.17) is 4.74 Å². The molecule has 0 bridgehead atoms. The molecule has 116 valence electrons. The topological polar surface area (TPSA) is 67.4 Å². The molecule has 0 aliphatic carbocycles. The number of aromatic nitrogens is 2. The first-order chi connectivity index (χ1) is 9.95. The number of ether oxygens (including phenoxy) is 1. The largest absolute Gasteiger partial charge is 0.385 e. The van der Waals surface area contributed by atoms with Gasteiger partial charge >= 0.3 is 0 Å². The van der Waals surface area contributed by atoms with E-state index in [0.29, 0.717) is 23.8 Å². The summed E-state index contributed by atoms with van der Waals surface area (Å²) in [6.45, 7) is 6.72. The summed E-state index contributed by atoms with van der Waals surface area (Å²) in [5.74, 6) is 0.772. The van der Waals surface area contributed by atoms with Gasteiger partial charge in [0, 0.05) is 26.6 Å². The third kappa shape index (κ3) is 3.15. The first-order valence-corrected chi connectivity index (χ1v) is 7.39. The van der Waals surface area contributed by atoms with Crippen LogP contribution in [0.4, 0.5) is 5.69 Å². The molecule has 0 aromatic carbocycles. The molecule has 1 fully saturated rings. The van der Waals surface area contributed by atoms with Gasteiger partial charge in [0.25, 0.3) is 5.91 Å². The van der Waals surface area contributed by atoms with Crippen LogP contribution in [-0.4, -0.2) is 53.6 Å². The van der Waals surface area contributed by atoms with Crippen molar-refractivity contribution >= 4 is 11.6 Å². The Labute approximate surface area is 125 Å². The highest BCUT2D eigenvalue weighted by atomic mass is 16.5. The number of carbonyl (C=O) groups is 1. The summed E-state index contributed by atoms with van der Waals surface area (Å²) in [5, 5.41) is 3.00. The van der Waals surface area contributed by atoms with E-state index in [2.05, 4.69) is 15.3 Å². The summed E-state index contributed by atoms with van der Waals surface area (Å²) in [7, 11) is 3.58. The number of rotatable bonds is 4. The van der Waals surface area contributed by atoms with E-state index >= 15 is 0 Å². The molecule has 2 unspecified atom stereocenters. The highest BCUT2D eigenvalue weighted by Crippen LogP contribution is 2.22. The minimum absolute atomic E-state index is 0.0587. The lowest BCUT2D eigenvalue weighted by molar-refractivity contribution is 0.0570. The summed E-state index contributed by atoms with van der Waals surface area (Å²) in [6.07, 6.45) is 2.60. The van der Waals surface area contributed by atoms with Crippen LogP contribution in [0.5, 0.6) is 0 Å². The highest BCUT2D eigenvalue weighted by Gasteiger charge is 2.32. The zero-order chi connectivity index (χ0) is 15.6. The Morgan fingerprint density at radius 1 is 1.52 bits per heavy atom. The Morgan fingerprint density at radius 2 is 2.24 bits per heavy atom. The molecule has 1 amide bonds. The Balaban J connectivity index is 2.30. The van der Waals surface area contributed by atoms with Gasteiger partial charge in [-0.25, -0.2) is 9.97 Å². The van der Waals surface area contributed by atoms with E-state index in [0.717, 1.165) is 6.42 Å². The van der Waals surface area contributed by atoms with Crippen molar-refractivity contribution in [1.29, 1.82) is 0 Å². The molecule has 2 heterocycles. The molecule has 1 aromatic heterocycles. The van der Waals surface area contributed by atoms with Gasteiger partial charge in [-0.05, 0) is 13.3 Å². The molecule has 1 aromatic rings.